The third kappa shape index (κ3) is 7.85. The predicted molar refractivity (Wildman–Crippen MR) is 138 cm³/mol. The number of rotatable bonds is 11. The topological polar surface area (TPSA) is 55.7 Å². The number of allylic oxidation sites excluding steroid dienone is 1. The number of carbonyl (C=O) groups is 1. The zero-order valence-corrected chi connectivity index (χ0v) is 20.8. The SMILES string of the molecule is O=C(CCCCc1cccnc1)CCCC1CCCC(Cc2ncnc3c2C=CCC3)CCC1. The second kappa shape index (κ2) is 13.5. The number of hydrogen-bond donors (Lipinski definition) is 0. The first kappa shape index (κ1) is 24.8. The van der Waals surface area contributed by atoms with Crippen LogP contribution in [0.2, 0.25) is 0 Å². The highest BCUT2D eigenvalue weighted by Gasteiger charge is 2.20. The molecule has 0 unspecified atom stereocenters. The van der Waals surface area contributed by atoms with Crippen molar-refractivity contribution in [3.05, 3.63) is 59.4 Å². The van der Waals surface area contributed by atoms with E-state index in [0.29, 0.717) is 5.78 Å². The van der Waals surface area contributed by atoms with E-state index in [9.17, 15) is 4.79 Å². The van der Waals surface area contributed by atoms with Crippen LogP contribution in [0.5, 0.6) is 0 Å². The van der Waals surface area contributed by atoms with Gasteiger partial charge in [0, 0.05) is 30.8 Å². The predicted octanol–water partition coefficient (Wildman–Crippen LogP) is 7.11. The van der Waals surface area contributed by atoms with Crippen LogP contribution >= 0.6 is 0 Å². The highest BCUT2D eigenvalue weighted by molar-refractivity contribution is 5.78. The van der Waals surface area contributed by atoms with Crippen LogP contribution in [-0.2, 0) is 24.1 Å². The molecule has 0 saturated heterocycles. The molecule has 1 saturated carbocycles. The molecule has 0 spiro atoms. The number of carbonyl (C=O) groups excluding carboxylic acids is 1. The van der Waals surface area contributed by atoms with Crippen LogP contribution < -0.4 is 0 Å². The Labute approximate surface area is 205 Å². The number of ketones is 1. The molecule has 2 aromatic rings. The summed E-state index contributed by atoms with van der Waals surface area (Å²) in [6, 6.07) is 4.10. The van der Waals surface area contributed by atoms with Crippen molar-refractivity contribution in [1.29, 1.82) is 0 Å². The Balaban J connectivity index is 1.10. The fraction of sp³-hybridized carbons (Fsp3) is 0.600. The molecule has 4 nitrogen and oxygen atoms in total. The summed E-state index contributed by atoms with van der Waals surface area (Å²) in [6.45, 7) is 0. The molecule has 2 aliphatic carbocycles. The zero-order chi connectivity index (χ0) is 23.4. The minimum Gasteiger partial charge on any atom is -0.300 e. The van der Waals surface area contributed by atoms with Crippen molar-refractivity contribution in [2.24, 2.45) is 11.8 Å². The molecule has 1 fully saturated rings. The largest absolute Gasteiger partial charge is 0.300 e. The van der Waals surface area contributed by atoms with Crippen molar-refractivity contribution in [2.75, 3.05) is 0 Å². The summed E-state index contributed by atoms with van der Waals surface area (Å²) < 4.78 is 0. The van der Waals surface area contributed by atoms with Gasteiger partial charge >= 0.3 is 0 Å². The van der Waals surface area contributed by atoms with E-state index in [0.717, 1.165) is 69.6 Å². The number of nitrogens with zero attached hydrogens (tertiary/aromatic N) is 3. The van der Waals surface area contributed by atoms with E-state index in [1.54, 1.807) is 6.33 Å². The minimum atomic E-state index is 0.458. The number of Topliss-reactive ketones (excluding diaryl/α,β-unsaturated/α-hetero) is 1. The average molecular weight is 460 g/mol. The first-order chi connectivity index (χ1) is 16.8. The Bertz CT molecular complexity index is 914. The van der Waals surface area contributed by atoms with Crippen LogP contribution in [0.4, 0.5) is 0 Å². The van der Waals surface area contributed by atoms with Gasteiger partial charge in [-0.15, -0.1) is 0 Å². The van der Waals surface area contributed by atoms with Gasteiger partial charge in [-0.25, -0.2) is 9.97 Å². The third-order valence-corrected chi connectivity index (χ3v) is 7.77. The smallest absolute Gasteiger partial charge is 0.132 e. The van der Waals surface area contributed by atoms with Gasteiger partial charge in [-0.05, 0) is 68.4 Å². The monoisotopic (exact) mass is 459 g/mol. The molecular weight excluding hydrogens is 418 g/mol. The lowest BCUT2D eigenvalue weighted by molar-refractivity contribution is -0.119. The normalized spacial score (nSPS) is 20.4. The summed E-state index contributed by atoms with van der Waals surface area (Å²) in [6.07, 6.45) is 28.2. The molecule has 0 N–H and O–H groups in total. The van der Waals surface area contributed by atoms with Crippen molar-refractivity contribution in [1.82, 2.24) is 15.0 Å². The zero-order valence-electron chi connectivity index (χ0n) is 20.8. The van der Waals surface area contributed by atoms with Crippen molar-refractivity contribution < 1.29 is 4.79 Å². The summed E-state index contributed by atoms with van der Waals surface area (Å²) in [5, 5.41) is 0. The quantitative estimate of drug-likeness (QED) is 0.336. The number of fused-ring (bicyclic) bond motifs is 1. The first-order valence-corrected chi connectivity index (χ1v) is 13.7. The summed E-state index contributed by atoms with van der Waals surface area (Å²) in [5.41, 5.74) is 5.08. The van der Waals surface area contributed by atoms with Crippen LogP contribution in [0.25, 0.3) is 6.08 Å². The van der Waals surface area contributed by atoms with Gasteiger partial charge in [0.2, 0.25) is 0 Å². The number of aryl methyl sites for hydroxylation is 2. The summed E-state index contributed by atoms with van der Waals surface area (Å²) >= 11 is 0. The van der Waals surface area contributed by atoms with Gasteiger partial charge in [0.1, 0.15) is 12.1 Å². The second-order valence-electron chi connectivity index (χ2n) is 10.4. The molecule has 0 bridgehead atoms. The Hall–Kier alpha value is -2.36. The van der Waals surface area contributed by atoms with Gasteiger partial charge in [-0.3, -0.25) is 9.78 Å². The molecule has 0 amide bonds. The van der Waals surface area contributed by atoms with Crippen molar-refractivity contribution in [3.8, 4) is 0 Å². The number of aromatic nitrogens is 3. The van der Waals surface area contributed by atoms with E-state index in [-0.39, 0.29) is 0 Å². The molecule has 2 heterocycles. The lowest BCUT2D eigenvalue weighted by atomic mass is 9.81. The first-order valence-electron chi connectivity index (χ1n) is 13.7. The fourth-order valence-electron chi connectivity index (χ4n) is 5.80. The Morgan fingerprint density at radius 2 is 1.79 bits per heavy atom. The Morgan fingerprint density at radius 1 is 0.971 bits per heavy atom. The highest BCUT2D eigenvalue weighted by Crippen LogP contribution is 2.32. The van der Waals surface area contributed by atoms with Gasteiger partial charge in [0.25, 0.3) is 0 Å². The standard InChI is InChI=1S/C30H41N3O/c34-27(16-2-1-9-26-15-8-20-31-22-26)17-7-12-24-10-5-13-25(14-6-11-24)21-30-28-18-3-4-19-29(28)32-23-33-30/h3,8,15,18,20,22-25H,1-2,4-7,9-14,16-17,19,21H2. The molecule has 0 aliphatic heterocycles. The average Bonchev–Trinajstić information content (AvgIpc) is 2.85. The highest BCUT2D eigenvalue weighted by atomic mass is 16.1. The van der Waals surface area contributed by atoms with Gasteiger partial charge in [-0.1, -0.05) is 63.2 Å². The molecule has 182 valence electrons. The van der Waals surface area contributed by atoms with Crippen LogP contribution in [0, 0.1) is 11.8 Å². The molecule has 2 aromatic heterocycles. The second-order valence-corrected chi connectivity index (χ2v) is 10.4. The molecule has 34 heavy (non-hydrogen) atoms. The van der Waals surface area contributed by atoms with E-state index in [1.165, 1.54) is 67.5 Å². The number of pyridine rings is 1. The van der Waals surface area contributed by atoms with Gasteiger partial charge in [0.05, 0.1) is 11.4 Å². The maximum atomic E-state index is 12.3. The van der Waals surface area contributed by atoms with Crippen LogP contribution in [0.15, 0.2) is 36.9 Å². The lowest BCUT2D eigenvalue weighted by Crippen LogP contribution is -2.14. The van der Waals surface area contributed by atoms with Crippen molar-refractivity contribution >= 4 is 11.9 Å². The molecule has 4 heteroatoms. The van der Waals surface area contributed by atoms with Gasteiger partial charge < -0.3 is 0 Å². The van der Waals surface area contributed by atoms with E-state index >= 15 is 0 Å². The summed E-state index contributed by atoms with van der Waals surface area (Å²) in [5.74, 6) is 2.02. The maximum Gasteiger partial charge on any atom is 0.132 e. The molecule has 4 rings (SSSR count). The molecule has 0 atom stereocenters. The summed E-state index contributed by atoms with van der Waals surface area (Å²) in [4.78, 5) is 25.6. The molecule has 2 aliphatic rings. The summed E-state index contributed by atoms with van der Waals surface area (Å²) in [7, 11) is 0. The van der Waals surface area contributed by atoms with Crippen LogP contribution in [-0.4, -0.2) is 20.7 Å². The molecule has 0 aromatic carbocycles. The number of hydrogen-bond acceptors (Lipinski definition) is 4. The number of unbranched alkanes of at least 4 members (excludes halogenated alkanes) is 1. The van der Waals surface area contributed by atoms with Gasteiger partial charge in [0.15, 0.2) is 0 Å². The van der Waals surface area contributed by atoms with E-state index in [1.807, 2.05) is 18.5 Å². The minimum absolute atomic E-state index is 0.458. The third-order valence-electron chi connectivity index (χ3n) is 7.77. The van der Waals surface area contributed by atoms with E-state index < -0.39 is 0 Å². The van der Waals surface area contributed by atoms with Crippen LogP contribution in [0.3, 0.4) is 0 Å². The maximum absolute atomic E-state index is 12.3. The van der Waals surface area contributed by atoms with E-state index in [2.05, 4.69) is 33.2 Å². The van der Waals surface area contributed by atoms with E-state index in [4.69, 9.17) is 0 Å². The van der Waals surface area contributed by atoms with Crippen LogP contribution in [0.1, 0.15) is 106 Å². The van der Waals surface area contributed by atoms with Gasteiger partial charge in [-0.2, -0.15) is 0 Å². The lowest BCUT2D eigenvalue weighted by Gasteiger charge is -2.25. The van der Waals surface area contributed by atoms with Crippen molar-refractivity contribution in [2.45, 2.75) is 103 Å². The Morgan fingerprint density at radius 3 is 2.62 bits per heavy atom. The fourth-order valence-corrected chi connectivity index (χ4v) is 5.80. The molecular formula is C30H41N3O. The van der Waals surface area contributed by atoms with Crippen molar-refractivity contribution in [3.63, 3.8) is 0 Å². The Kier molecular flexibility index (Phi) is 9.84. The molecule has 0 radical (unpaired) electrons.